The van der Waals surface area contributed by atoms with Crippen LogP contribution in [0, 0.1) is 0 Å². The van der Waals surface area contributed by atoms with Crippen molar-refractivity contribution in [3.05, 3.63) is 95.2 Å². The van der Waals surface area contributed by atoms with Crippen molar-refractivity contribution in [2.45, 2.75) is 6.61 Å². The molecule has 0 bridgehead atoms. The van der Waals surface area contributed by atoms with E-state index < -0.39 is 11.8 Å². The van der Waals surface area contributed by atoms with Crippen LogP contribution in [0.5, 0.6) is 5.75 Å². The molecule has 8 nitrogen and oxygen atoms in total. The van der Waals surface area contributed by atoms with E-state index in [1.54, 1.807) is 60.7 Å². The van der Waals surface area contributed by atoms with E-state index in [1.165, 1.54) is 6.26 Å². The largest absolute Gasteiger partial charge is 0.489 e. The second-order valence-corrected chi connectivity index (χ2v) is 6.79. The number of aromatic nitrogens is 1. The van der Waals surface area contributed by atoms with Gasteiger partial charge >= 0.3 is 0 Å². The average molecular weight is 438 g/mol. The molecule has 0 saturated heterocycles. The summed E-state index contributed by atoms with van der Waals surface area (Å²) in [5.41, 5.74) is 5.89. The van der Waals surface area contributed by atoms with Crippen LogP contribution >= 0.6 is 11.6 Å². The lowest BCUT2D eigenvalue weighted by Crippen LogP contribution is -2.41. The van der Waals surface area contributed by atoms with Crippen molar-refractivity contribution in [1.29, 1.82) is 0 Å². The van der Waals surface area contributed by atoms with Crippen LogP contribution in [-0.2, 0) is 6.61 Å². The molecular formula is C22H16ClN3O5. The van der Waals surface area contributed by atoms with Gasteiger partial charge < -0.3 is 13.6 Å². The number of rotatable bonds is 6. The molecule has 4 aromatic rings. The van der Waals surface area contributed by atoms with E-state index in [9.17, 15) is 9.59 Å². The fourth-order valence-corrected chi connectivity index (χ4v) is 2.81. The molecule has 2 amide bonds. The molecule has 0 spiro atoms. The van der Waals surface area contributed by atoms with Gasteiger partial charge in [-0.2, -0.15) is 0 Å². The number of halogens is 1. The summed E-state index contributed by atoms with van der Waals surface area (Å²) in [5, 5.41) is 0.635. The Balaban J connectivity index is 1.31. The number of ether oxygens (including phenoxy) is 1. The molecule has 0 saturated carbocycles. The molecular weight excluding hydrogens is 422 g/mol. The first kappa shape index (κ1) is 20.2. The summed E-state index contributed by atoms with van der Waals surface area (Å²) in [6, 6.07) is 17.1. The molecule has 2 N–H and O–H groups in total. The summed E-state index contributed by atoms with van der Waals surface area (Å²) in [7, 11) is 0. The second-order valence-electron chi connectivity index (χ2n) is 6.36. The van der Waals surface area contributed by atoms with Crippen LogP contribution in [0.15, 0.2) is 82.2 Å². The van der Waals surface area contributed by atoms with E-state index in [1.807, 2.05) is 0 Å². The first-order valence-electron chi connectivity index (χ1n) is 9.15. The van der Waals surface area contributed by atoms with Crippen molar-refractivity contribution in [1.82, 2.24) is 15.8 Å². The molecule has 0 aliphatic carbocycles. The number of furan rings is 1. The maximum absolute atomic E-state index is 12.3. The van der Waals surface area contributed by atoms with Gasteiger partial charge in [0.1, 0.15) is 12.4 Å². The number of oxazole rings is 1. The van der Waals surface area contributed by atoms with Gasteiger partial charge in [0, 0.05) is 10.6 Å². The van der Waals surface area contributed by atoms with Gasteiger partial charge in [0.25, 0.3) is 11.8 Å². The molecule has 31 heavy (non-hydrogen) atoms. The molecule has 0 radical (unpaired) electrons. The Hall–Kier alpha value is -4.04. The van der Waals surface area contributed by atoms with E-state index in [-0.39, 0.29) is 11.5 Å². The molecule has 156 valence electrons. The fourth-order valence-electron chi connectivity index (χ4n) is 2.69. The third-order valence-electron chi connectivity index (χ3n) is 4.25. The number of carbonyl (C=O) groups is 2. The van der Waals surface area contributed by atoms with E-state index in [2.05, 4.69) is 15.8 Å². The highest BCUT2D eigenvalue weighted by Gasteiger charge is 2.20. The Morgan fingerprint density at radius 3 is 2.39 bits per heavy atom. The predicted molar refractivity (Wildman–Crippen MR) is 111 cm³/mol. The lowest BCUT2D eigenvalue weighted by Gasteiger charge is -2.08. The van der Waals surface area contributed by atoms with Gasteiger partial charge in [0.05, 0.1) is 6.26 Å². The minimum atomic E-state index is -0.638. The maximum atomic E-state index is 12.3. The van der Waals surface area contributed by atoms with E-state index >= 15 is 0 Å². The Morgan fingerprint density at radius 1 is 0.935 bits per heavy atom. The molecule has 0 unspecified atom stereocenters. The number of hydrogen-bond donors (Lipinski definition) is 2. The van der Waals surface area contributed by atoms with E-state index in [0.717, 1.165) is 12.0 Å². The second kappa shape index (κ2) is 9.19. The normalized spacial score (nSPS) is 10.5. The molecule has 4 rings (SSSR count). The molecule has 0 aliphatic rings. The molecule has 0 fully saturated rings. The van der Waals surface area contributed by atoms with Crippen molar-refractivity contribution in [3.63, 3.8) is 0 Å². The summed E-state index contributed by atoms with van der Waals surface area (Å²) in [4.78, 5) is 28.5. The highest BCUT2D eigenvalue weighted by molar-refractivity contribution is 6.30. The lowest BCUT2D eigenvalue weighted by molar-refractivity contribution is 0.0844. The van der Waals surface area contributed by atoms with Crippen LogP contribution < -0.4 is 15.6 Å². The first-order chi connectivity index (χ1) is 15.1. The minimum Gasteiger partial charge on any atom is -0.489 e. The van der Waals surface area contributed by atoms with Crippen molar-refractivity contribution < 1.29 is 23.2 Å². The smallest absolute Gasteiger partial charge is 0.292 e. The monoisotopic (exact) mass is 437 g/mol. The molecule has 2 heterocycles. The Labute approximate surface area is 181 Å². The summed E-state index contributed by atoms with van der Waals surface area (Å²) in [5.74, 6) is 0.0888. The van der Waals surface area contributed by atoms with Gasteiger partial charge in [0.2, 0.25) is 5.76 Å². The Kier molecular flexibility index (Phi) is 6.00. The zero-order valence-electron chi connectivity index (χ0n) is 16.0. The summed E-state index contributed by atoms with van der Waals surface area (Å²) >= 11 is 5.85. The fraction of sp³-hybridized carbons (Fsp3) is 0.0455. The van der Waals surface area contributed by atoms with Crippen LogP contribution in [0.25, 0.3) is 11.5 Å². The summed E-state index contributed by atoms with van der Waals surface area (Å²) in [6.45, 7) is 0.335. The molecule has 9 heteroatoms. The van der Waals surface area contributed by atoms with Crippen LogP contribution in [-0.4, -0.2) is 16.8 Å². The number of carbonyl (C=O) groups excluding carboxylic acids is 2. The van der Waals surface area contributed by atoms with Gasteiger partial charge in [-0.3, -0.25) is 20.4 Å². The van der Waals surface area contributed by atoms with Crippen molar-refractivity contribution in [2.24, 2.45) is 0 Å². The molecule has 0 atom stereocenters. The average Bonchev–Trinajstić information content (AvgIpc) is 3.49. The van der Waals surface area contributed by atoms with Crippen LogP contribution in [0.3, 0.4) is 0 Å². The highest BCUT2D eigenvalue weighted by atomic mass is 35.5. The topological polar surface area (TPSA) is 107 Å². The third-order valence-corrected chi connectivity index (χ3v) is 4.50. The molecule has 0 aliphatic heterocycles. The number of nitrogens with zero attached hydrogens (tertiary/aromatic N) is 1. The quantitative estimate of drug-likeness (QED) is 0.437. The van der Waals surface area contributed by atoms with Gasteiger partial charge in [0.15, 0.2) is 17.8 Å². The zero-order chi connectivity index (χ0) is 21.6. The van der Waals surface area contributed by atoms with Gasteiger partial charge in [-0.15, -0.1) is 0 Å². The van der Waals surface area contributed by atoms with Gasteiger partial charge in [-0.05, 0) is 54.1 Å². The highest BCUT2D eigenvalue weighted by Crippen LogP contribution is 2.23. The van der Waals surface area contributed by atoms with E-state index in [0.29, 0.717) is 28.7 Å². The van der Waals surface area contributed by atoms with Crippen LogP contribution in [0.4, 0.5) is 0 Å². The number of amides is 2. The van der Waals surface area contributed by atoms with Crippen molar-refractivity contribution in [2.75, 3.05) is 0 Å². The number of hydrogen-bond acceptors (Lipinski definition) is 6. The van der Waals surface area contributed by atoms with Crippen LogP contribution in [0.2, 0.25) is 5.02 Å². The SMILES string of the molecule is O=C(NNC(=O)c1ncoc1-c1ccco1)c1ccc(COc2ccc(Cl)cc2)cc1. The van der Waals surface area contributed by atoms with Crippen LogP contribution in [0.1, 0.15) is 26.4 Å². The Morgan fingerprint density at radius 2 is 1.68 bits per heavy atom. The predicted octanol–water partition coefficient (Wildman–Crippen LogP) is 4.24. The van der Waals surface area contributed by atoms with Gasteiger partial charge in [-0.25, -0.2) is 4.98 Å². The summed E-state index contributed by atoms with van der Waals surface area (Å²) < 4.78 is 16.1. The first-order valence-corrected chi connectivity index (χ1v) is 9.53. The van der Waals surface area contributed by atoms with E-state index in [4.69, 9.17) is 25.2 Å². The summed E-state index contributed by atoms with van der Waals surface area (Å²) in [6.07, 6.45) is 2.57. The standard InChI is InChI=1S/C22H16ClN3O5/c23-16-7-9-17(10-8-16)30-12-14-3-5-15(6-4-14)21(27)25-26-22(28)19-20(31-13-24-19)18-2-1-11-29-18/h1-11,13H,12H2,(H,25,27)(H,26,28). The number of hydrazine groups is 1. The minimum absolute atomic E-state index is 0.00931. The molecule has 2 aromatic carbocycles. The van der Waals surface area contributed by atoms with Gasteiger partial charge in [-0.1, -0.05) is 23.7 Å². The number of benzene rings is 2. The lowest BCUT2D eigenvalue weighted by atomic mass is 10.1. The van der Waals surface area contributed by atoms with Crippen molar-refractivity contribution >= 4 is 23.4 Å². The Bertz CT molecular complexity index is 1170. The van der Waals surface area contributed by atoms with Crippen molar-refractivity contribution in [3.8, 4) is 17.3 Å². The molecule has 2 aromatic heterocycles. The maximum Gasteiger partial charge on any atom is 0.292 e. The number of nitrogens with one attached hydrogen (secondary N) is 2. The zero-order valence-corrected chi connectivity index (χ0v) is 16.8. The third kappa shape index (κ3) is 4.93.